The van der Waals surface area contributed by atoms with Gasteiger partial charge < -0.3 is 9.80 Å². The molecule has 202 valence electrons. The molecule has 0 spiro atoms. The Balaban J connectivity index is 1.68. The lowest BCUT2D eigenvalue weighted by Gasteiger charge is -2.31. The van der Waals surface area contributed by atoms with E-state index in [9.17, 15) is 13.2 Å². The number of aryl methyl sites for hydroxylation is 3. The zero-order valence-electron chi connectivity index (χ0n) is 22.1. The van der Waals surface area contributed by atoms with Crippen LogP contribution in [0, 0.1) is 13.8 Å². The highest BCUT2D eigenvalue weighted by Crippen LogP contribution is 2.32. The molecular weight excluding hydrogens is 586 g/mol. The number of anilines is 2. The molecule has 0 saturated heterocycles. The molecule has 1 atom stereocenters. The van der Waals surface area contributed by atoms with Gasteiger partial charge in [0.1, 0.15) is 0 Å². The van der Waals surface area contributed by atoms with Crippen molar-refractivity contribution in [1.82, 2.24) is 4.90 Å². The third-order valence-corrected chi connectivity index (χ3v) is 9.52. The molecule has 1 amide bonds. The Morgan fingerprint density at radius 1 is 1.03 bits per heavy atom. The third kappa shape index (κ3) is 6.42. The number of amides is 1. The quantitative estimate of drug-likeness (QED) is 0.316. The highest BCUT2D eigenvalue weighted by molar-refractivity contribution is 9.10. The van der Waals surface area contributed by atoms with E-state index in [0.717, 1.165) is 39.7 Å². The minimum absolute atomic E-state index is 0.0156. The highest BCUT2D eigenvalue weighted by atomic mass is 79.9. The molecule has 1 unspecified atom stereocenters. The number of carbonyl (C=O) groups is 1. The van der Waals surface area contributed by atoms with Gasteiger partial charge in [-0.05, 0) is 112 Å². The van der Waals surface area contributed by atoms with Crippen LogP contribution in [0.1, 0.15) is 29.5 Å². The van der Waals surface area contributed by atoms with Gasteiger partial charge in [-0.1, -0.05) is 33.6 Å². The van der Waals surface area contributed by atoms with Crippen molar-refractivity contribution in [3.05, 3.63) is 86.8 Å². The molecule has 6 nitrogen and oxygen atoms in total. The zero-order chi connectivity index (χ0) is 27.6. The van der Waals surface area contributed by atoms with Crippen molar-refractivity contribution in [2.24, 2.45) is 0 Å². The lowest BCUT2D eigenvalue weighted by Crippen LogP contribution is -2.44. The average Bonchev–Trinajstić information content (AvgIpc) is 3.03. The molecule has 9 heteroatoms. The van der Waals surface area contributed by atoms with Crippen LogP contribution in [-0.4, -0.2) is 52.5 Å². The zero-order valence-corrected chi connectivity index (χ0v) is 25.3. The number of carbonyl (C=O) groups excluding carboxylic acids is 1. The van der Waals surface area contributed by atoms with Crippen LogP contribution in [0.5, 0.6) is 0 Å². The summed E-state index contributed by atoms with van der Waals surface area (Å²) in [6.07, 6.45) is 1.83. The van der Waals surface area contributed by atoms with E-state index in [1.54, 1.807) is 12.1 Å². The van der Waals surface area contributed by atoms with Gasteiger partial charge in [-0.3, -0.25) is 9.10 Å². The maximum Gasteiger partial charge on any atom is 0.264 e. The second-order valence-electron chi connectivity index (χ2n) is 10.1. The van der Waals surface area contributed by atoms with Crippen molar-refractivity contribution in [2.75, 3.05) is 36.4 Å². The predicted octanol–water partition coefficient (Wildman–Crippen LogP) is 6.21. The first kappa shape index (κ1) is 28.6. The number of sulfonamides is 1. The molecule has 1 aliphatic heterocycles. The third-order valence-electron chi connectivity index (χ3n) is 6.93. The normalized spacial score (nSPS) is 15.8. The van der Waals surface area contributed by atoms with Gasteiger partial charge in [0.25, 0.3) is 10.0 Å². The molecule has 0 radical (unpaired) electrons. The molecule has 3 aromatic rings. The molecule has 0 aliphatic carbocycles. The van der Waals surface area contributed by atoms with Crippen LogP contribution in [0.15, 0.2) is 70.0 Å². The average molecular weight is 619 g/mol. The van der Waals surface area contributed by atoms with E-state index < -0.39 is 10.0 Å². The minimum atomic E-state index is -3.94. The monoisotopic (exact) mass is 617 g/mol. The Labute approximate surface area is 239 Å². The number of benzene rings is 3. The molecule has 3 aromatic carbocycles. The smallest absolute Gasteiger partial charge is 0.264 e. The number of likely N-dealkylation sites (N-methyl/N-ethyl adjacent to an activating group) is 1. The Bertz CT molecular complexity index is 1410. The maximum atomic E-state index is 13.8. The Morgan fingerprint density at radius 2 is 1.68 bits per heavy atom. The summed E-state index contributed by atoms with van der Waals surface area (Å²) in [6, 6.07) is 18.0. The van der Waals surface area contributed by atoms with Gasteiger partial charge in [-0.15, -0.1) is 0 Å². The van der Waals surface area contributed by atoms with Gasteiger partial charge >= 0.3 is 0 Å². The first-order valence-corrected chi connectivity index (χ1v) is 15.2. The number of hydrogen-bond acceptors (Lipinski definition) is 4. The van der Waals surface area contributed by atoms with Gasteiger partial charge in [0.2, 0.25) is 5.91 Å². The number of halogens is 2. The Hall–Kier alpha value is -2.39. The van der Waals surface area contributed by atoms with Crippen LogP contribution in [0.3, 0.4) is 0 Å². The lowest BCUT2D eigenvalue weighted by atomic mass is 10.1. The van der Waals surface area contributed by atoms with Crippen molar-refractivity contribution in [3.63, 3.8) is 0 Å². The lowest BCUT2D eigenvalue weighted by molar-refractivity contribution is -0.118. The summed E-state index contributed by atoms with van der Waals surface area (Å²) >= 11 is 9.58. The SMILES string of the molecule is Cc1cc(C)cc(N(CCC(=O)N2CC(N(C)C)CCc3cc(Br)ccc32)S(=O)(=O)c2ccc(Cl)cc2)c1. The van der Waals surface area contributed by atoms with E-state index in [2.05, 4.69) is 26.9 Å². The fraction of sp³-hybridized carbons (Fsp3) is 0.345. The van der Waals surface area contributed by atoms with E-state index in [4.69, 9.17) is 11.6 Å². The summed E-state index contributed by atoms with van der Waals surface area (Å²) in [6.45, 7) is 4.43. The second-order valence-corrected chi connectivity index (χ2v) is 13.3. The molecule has 38 heavy (non-hydrogen) atoms. The van der Waals surface area contributed by atoms with Gasteiger partial charge in [0.15, 0.2) is 0 Å². The van der Waals surface area contributed by atoms with Crippen LogP contribution < -0.4 is 9.21 Å². The van der Waals surface area contributed by atoms with Crippen molar-refractivity contribution < 1.29 is 13.2 Å². The van der Waals surface area contributed by atoms with Gasteiger partial charge in [-0.2, -0.15) is 0 Å². The van der Waals surface area contributed by atoms with Crippen molar-refractivity contribution in [1.29, 1.82) is 0 Å². The van der Waals surface area contributed by atoms with Gasteiger partial charge in [0.05, 0.1) is 10.6 Å². The summed E-state index contributed by atoms with van der Waals surface area (Å²) in [5.74, 6) is -0.108. The molecule has 4 rings (SSSR count). The molecule has 1 heterocycles. The first-order chi connectivity index (χ1) is 18.0. The van der Waals surface area contributed by atoms with Crippen LogP contribution in [0.25, 0.3) is 0 Å². The predicted molar refractivity (Wildman–Crippen MR) is 159 cm³/mol. The van der Waals surface area contributed by atoms with E-state index in [1.807, 2.05) is 63.2 Å². The summed E-state index contributed by atoms with van der Waals surface area (Å²) < 4.78 is 30.0. The number of nitrogens with zero attached hydrogens (tertiary/aromatic N) is 3. The Morgan fingerprint density at radius 3 is 2.32 bits per heavy atom. The van der Waals surface area contributed by atoms with Crippen molar-refractivity contribution >= 4 is 54.8 Å². The topological polar surface area (TPSA) is 60.9 Å². The summed E-state index contributed by atoms with van der Waals surface area (Å²) in [7, 11) is 0.116. The number of fused-ring (bicyclic) bond motifs is 1. The highest BCUT2D eigenvalue weighted by Gasteiger charge is 2.30. The largest absolute Gasteiger partial charge is 0.311 e. The van der Waals surface area contributed by atoms with Crippen LogP contribution in [0.4, 0.5) is 11.4 Å². The standard InChI is InChI=1S/C29H33BrClN3O3S/c1-20-15-21(2)17-26(16-20)34(38(36,37)27-10-7-24(31)8-11-27)14-13-29(35)33-19-25(32(3)4)9-5-22-18-23(30)6-12-28(22)33/h6-8,10-12,15-18,25H,5,9,13-14,19H2,1-4H3. The van der Waals surface area contributed by atoms with Crippen LogP contribution >= 0.6 is 27.5 Å². The van der Waals surface area contributed by atoms with Gasteiger partial charge in [-0.25, -0.2) is 8.42 Å². The number of hydrogen-bond donors (Lipinski definition) is 0. The second kappa shape index (κ2) is 11.8. The fourth-order valence-electron chi connectivity index (χ4n) is 4.95. The summed E-state index contributed by atoms with van der Waals surface area (Å²) in [5.41, 5.74) is 4.43. The first-order valence-electron chi connectivity index (χ1n) is 12.6. The summed E-state index contributed by atoms with van der Waals surface area (Å²) in [4.78, 5) is 17.9. The minimum Gasteiger partial charge on any atom is -0.311 e. The molecule has 0 bridgehead atoms. The van der Waals surface area contributed by atoms with E-state index in [0.29, 0.717) is 17.3 Å². The molecular formula is C29H33BrClN3O3S. The van der Waals surface area contributed by atoms with E-state index >= 15 is 0 Å². The van der Waals surface area contributed by atoms with E-state index in [1.165, 1.54) is 16.4 Å². The maximum absolute atomic E-state index is 13.8. The summed E-state index contributed by atoms with van der Waals surface area (Å²) in [5, 5.41) is 0.457. The molecule has 1 aliphatic rings. The Kier molecular flexibility index (Phi) is 8.87. The van der Waals surface area contributed by atoms with Crippen molar-refractivity contribution in [2.45, 2.75) is 44.0 Å². The van der Waals surface area contributed by atoms with Gasteiger partial charge in [0, 0.05) is 40.7 Å². The van der Waals surface area contributed by atoms with E-state index in [-0.39, 0.29) is 29.8 Å². The molecule has 0 saturated carbocycles. The van der Waals surface area contributed by atoms with Crippen LogP contribution in [0.2, 0.25) is 5.02 Å². The van der Waals surface area contributed by atoms with Crippen LogP contribution in [-0.2, 0) is 21.2 Å². The molecule has 0 aromatic heterocycles. The van der Waals surface area contributed by atoms with Crippen molar-refractivity contribution in [3.8, 4) is 0 Å². The molecule has 0 N–H and O–H groups in total. The fourth-order valence-corrected chi connectivity index (χ4v) is 6.93. The molecule has 0 fully saturated rings. The number of rotatable bonds is 7.